The van der Waals surface area contributed by atoms with Crippen LogP contribution in [-0.2, 0) is 9.53 Å². The van der Waals surface area contributed by atoms with E-state index >= 15 is 0 Å². The predicted octanol–water partition coefficient (Wildman–Crippen LogP) is 6.56. The molecule has 6 nitrogen and oxygen atoms in total. The van der Waals surface area contributed by atoms with Gasteiger partial charge in [-0.1, -0.05) is 64.1 Å². The van der Waals surface area contributed by atoms with Gasteiger partial charge in [-0.3, -0.25) is 14.4 Å². The number of aryl methyl sites for hydroxylation is 1. The van der Waals surface area contributed by atoms with Crippen molar-refractivity contribution in [2.24, 2.45) is 4.99 Å². The van der Waals surface area contributed by atoms with E-state index in [1.807, 2.05) is 88.6 Å². The number of ether oxygens (including phenoxy) is 1. The van der Waals surface area contributed by atoms with E-state index in [9.17, 15) is 4.79 Å². The lowest BCUT2D eigenvalue weighted by Crippen LogP contribution is -2.28. The zero-order chi connectivity index (χ0) is 25.6. The summed E-state index contributed by atoms with van der Waals surface area (Å²) in [5.41, 5.74) is 7.62. The van der Waals surface area contributed by atoms with Crippen LogP contribution >= 0.6 is 0 Å². The monoisotopic (exact) mass is 472 g/mol. The van der Waals surface area contributed by atoms with Gasteiger partial charge in [-0.15, -0.1) is 15.9 Å². The van der Waals surface area contributed by atoms with Crippen LogP contribution in [0.3, 0.4) is 0 Å². The zero-order valence-corrected chi connectivity index (χ0v) is 21.9. The number of hydrogen-bond donors (Lipinski definition) is 0. The lowest BCUT2D eigenvalue weighted by molar-refractivity contribution is -0.157. The lowest BCUT2D eigenvalue weighted by atomic mass is 9.99. The Bertz CT molecular complexity index is 1240. The van der Waals surface area contributed by atoms with Crippen molar-refractivity contribution in [1.82, 2.24) is 14.8 Å². The van der Waals surface area contributed by atoms with Gasteiger partial charge in [0.25, 0.3) is 0 Å². The third-order valence-corrected chi connectivity index (χ3v) is 6.08. The average molecular weight is 473 g/mol. The molecule has 2 aliphatic rings. The SMILES string of the molecule is CC.CCC1=C=CC(C2=N[C@@H](CC(=O)OC(C)(C)CC)c3nnc(C)n3-c3ccccc32)=CC=C1. The first-order valence-electron chi connectivity index (χ1n) is 12.5. The summed E-state index contributed by atoms with van der Waals surface area (Å²) in [6.45, 7) is 13.9. The summed E-state index contributed by atoms with van der Waals surface area (Å²) in [4.78, 5) is 18.0. The molecule has 1 aromatic heterocycles. The zero-order valence-electron chi connectivity index (χ0n) is 21.9. The molecule has 1 aromatic carbocycles. The molecule has 0 radical (unpaired) electrons. The Morgan fingerprint density at radius 3 is 2.63 bits per heavy atom. The Hall–Kier alpha value is -3.50. The molecule has 0 N–H and O–H groups in total. The van der Waals surface area contributed by atoms with Gasteiger partial charge in [-0.05, 0) is 51.3 Å². The van der Waals surface area contributed by atoms with Crippen LogP contribution in [-0.4, -0.2) is 32.0 Å². The highest BCUT2D eigenvalue weighted by Gasteiger charge is 2.31. The van der Waals surface area contributed by atoms with E-state index in [1.54, 1.807) is 0 Å². The number of aliphatic imine (C=N–C) groups is 1. The lowest BCUT2D eigenvalue weighted by Gasteiger charge is -2.24. The van der Waals surface area contributed by atoms with Crippen molar-refractivity contribution < 1.29 is 9.53 Å². The van der Waals surface area contributed by atoms with Crippen molar-refractivity contribution in [3.8, 4) is 5.69 Å². The van der Waals surface area contributed by atoms with Gasteiger partial charge < -0.3 is 4.74 Å². The Morgan fingerprint density at radius 1 is 1.17 bits per heavy atom. The van der Waals surface area contributed by atoms with Crippen molar-refractivity contribution in [3.05, 3.63) is 82.7 Å². The Kier molecular flexibility index (Phi) is 8.42. The largest absolute Gasteiger partial charge is 0.460 e. The fourth-order valence-electron chi connectivity index (χ4n) is 3.89. The number of hydrogen-bond acceptors (Lipinski definition) is 5. The smallest absolute Gasteiger partial charge is 0.308 e. The van der Waals surface area contributed by atoms with Crippen molar-refractivity contribution in [2.45, 2.75) is 79.4 Å². The van der Waals surface area contributed by atoms with Gasteiger partial charge in [0.05, 0.1) is 17.8 Å². The Morgan fingerprint density at radius 2 is 1.91 bits per heavy atom. The molecule has 0 saturated heterocycles. The van der Waals surface area contributed by atoms with E-state index in [2.05, 4.69) is 28.9 Å². The van der Waals surface area contributed by atoms with Gasteiger partial charge in [0.2, 0.25) is 0 Å². The van der Waals surface area contributed by atoms with Crippen molar-refractivity contribution in [3.63, 3.8) is 0 Å². The van der Waals surface area contributed by atoms with Crippen LogP contribution in [0.4, 0.5) is 0 Å². The highest BCUT2D eigenvalue weighted by Crippen LogP contribution is 2.33. The fraction of sp³-hybridized carbons (Fsp3) is 0.414. The van der Waals surface area contributed by atoms with Crippen molar-refractivity contribution in [2.75, 3.05) is 0 Å². The van der Waals surface area contributed by atoms with E-state index in [4.69, 9.17) is 9.73 Å². The summed E-state index contributed by atoms with van der Waals surface area (Å²) in [7, 11) is 0. The van der Waals surface area contributed by atoms with Gasteiger partial charge in [0, 0.05) is 11.1 Å². The number of benzene rings is 1. The van der Waals surface area contributed by atoms with Gasteiger partial charge >= 0.3 is 5.97 Å². The van der Waals surface area contributed by atoms with Crippen LogP contribution in [0.1, 0.15) is 84.1 Å². The minimum atomic E-state index is -0.528. The third kappa shape index (κ3) is 5.77. The molecule has 4 rings (SSSR count). The maximum Gasteiger partial charge on any atom is 0.308 e. The molecule has 0 saturated carbocycles. The maximum atomic E-state index is 12.9. The Balaban J connectivity index is 0.00000167. The minimum absolute atomic E-state index is 0.0853. The van der Waals surface area contributed by atoms with Crippen LogP contribution in [0.2, 0.25) is 0 Å². The topological polar surface area (TPSA) is 69.4 Å². The van der Waals surface area contributed by atoms with Gasteiger partial charge in [-0.25, -0.2) is 0 Å². The van der Waals surface area contributed by atoms with E-state index in [1.165, 1.54) is 0 Å². The van der Waals surface area contributed by atoms with Gasteiger partial charge in [-0.2, -0.15) is 0 Å². The molecule has 2 aromatic rings. The average Bonchev–Trinajstić information content (AvgIpc) is 3.02. The maximum absolute atomic E-state index is 12.9. The number of fused-ring (bicyclic) bond motifs is 3. The molecular formula is C29H36N4O2. The summed E-state index contributed by atoms with van der Waals surface area (Å²) in [5, 5.41) is 8.73. The molecule has 1 aliphatic carbocycles. The number of nitrogens with zero attached hydrogens (tertiary/aromatic N) is 4. The number of allylic oxidation sites excluding steroid dienone is 5. The van der Waals surface area contributed by atoms with Crippen LogP contribution in [0.15, 0.2) is 70.4 Å². The number of para-hydroxylation sites is 1. The number of carbonyl (C=O) groups is 1. The number of carbonyl (C=O) groups excluding carboxylic acids is 1. The van der Waals surface area contributed by atoms with Crippen molar-refractivity contribution >= 4 is 11.7 Å². The summed E-state index contributed by atoms with van der Waals surface area (Å²) < 4.78 is 7.74. The summed E-state index contributed by atoms with van der Waals surface area (Å²) in [6.07, 6.45) is 9.82. The first-order chi connectivity index (χ1) is 16.8. The minimum Gasteiger partial charge on any atom is -0.460 e. The van der Waals surface area contributed by atoms with Crippen molar-refractivity contribution in [1.29, 1.82) is 0 Å². The summed E-state index contributed by atoms with van der Waals surface area (Å²) in [5.74, 6) is 1.09. The van der Waals surface area contributed by atoms with Gasteiger partial charge in [0.15, 0.2) is 5.82 Å². The fourth-order valence-corrected chi connectivity index (χ4v) is 3.89. The normalized spacial score (nSPS) is 16.4. The standard InChI is InChI=1S/C27H30N4O2.C2H6/c1-6-19-11-10-12-20(16-15-19)25-21-13-8-9-14-23(21)31-18(3)29-30-26(31)22(28-25)17-24(32)33-27(4,5)7-2;1-2/h8-14,16,22H,6-7,17H2,1-5H3;1-2H3/t22-;/m0./s1. The second-order valence-corrected chi connectivity index (χ2v) is 8.89. The molecule has 2 heterocycles. The van der Waals surface area contributed by atoms with Crippen LogP contribution < -0.4 is 0 Å². The summed E-state index contributed by atoms with van der Waals surface area (Å²) in [6, 6.07) is 7.55. The quantitative estimate of drug-likeness (QED) is 0.353. The summed E-state index contributed by atoms with van der Waals surface area (Å²) >= 11 is 0. The molecule has 0 unspecified atom stereocenters. The molecule has 0 bridgehead atoms. The molecule has 1 atom stereocenters. The molecule has 1 aliphatic heterocycles. The third-order valence-electron chi connectivity index (χ3n) is 6.08. The number of aromatic nitrogens is 3. The number of esters is 1. The van der Waals surface area contributed by atoms with E-state index < -0.39 is 11.6 Å². The number of rotatable bonds is 6. The highest BCUT2D eigenvalue weighted by molar-refractivity contribution is 6.17. The second-order valence-electron chi connectivity index (χ2n) is 8.89. The van der Waals surface area contributed by atoms with E-state index in [-0.39, 0.29) is 12.4 Å². The molecular weight excluding hydrogens is 436 g/mol. The predicted molar refractivity (Wildman–Crippen MR) is 141 cm³/mol. The van der Waals surface area contributed by atoms with Gasteiger partial charge in [0.1, 0.15) is 17.5 Å². The molecule has 35 heavy (non-hydrogen) atoms. The first kappa shape index (κ1) is 26.1. The molecule has 0 spiro atoms. The molecule has 0 fully saturated rings. The van der Waals surface area contributed by atoms with E-state index in [0.717, 1.165) is 46.8 Å². The molecule has 6 heteroatoms. The Labute approximate surface area is 208 Å². The van der Waals surface area contributed by atoms with Crippen LogP contribution in [0, 0.1) is 6.92 Å². The van der Waals surface area contributed by atoms with Crippen LogP contribution in [0.25, 0.3) is 5.69 Å². The highest BCUT2D eigenvalue weighted by atomic mass is 16.6. The molecule has 184 valence electrons. The first-order valence-corrected chi connectivity index (χ1v) is 12.5. The second kappa shape index (κ2) is 11.3. The van der Waals surface area contributed by atoms with Crippen LogP contribution in [0.5, 0.6) is 0 Å². The van der Waals surface area contributed by atoms with E-state index in [0.29, 0.717) is 5.82 Å². The molecule has 0 amide bonds.